The van der Waals surface area contributed by atoms with Crippen molar-refractivity contribution in [1.82, 2.24) is 40.4 Å². The molecule has 362 valence electrons. The summed E-state index contributed by atoms with van der Waals surface area (Å²) in [7, 11) is 2.62. The van der Waals surface area contributed by atoms with Gasteiger partial charge in [-0.2, -0.15) is 0 Å². The Hall–Kier alpha value is -6.18. The van der Waals surface area contributed by atoms with Gasteiger partial charge in [-0.1, -0.05) is 96.5 Å². The lowest BCUT2D eigenvalue weighted by Gasteiger charge is -2.32. The highest BCUT2D eigenvalue weighted by molar-refractivity contribution is 5.88. The number of amides is 4. The molecular weight excluding hydrogens is 857 g/mol. The molecule has 9 atom stereocenters. The van der Waals surface area contributed by atoms with Gasteiger partial charge in [-0.15, -0.1) is 0 Å². The number of H-pyrrole nitrogens is 2. The molecule has 14 heteroatoms. The monoisotopic (exact) mass is 927 g/mol. The average Bonchev–Trinajstić information content (AvgIpc) is 4.21. The Kier molecular flexibility index (Phi) is 14.6. The van der Waals surface area contributed by atoms with Crippen LogP contribution in [0.3, 0.4) is 0 Å². The largest absolute Gasteiger partial charge is 0.453 e. The van der Waals surface area contributed by atoms with E-state index in [0.717, 1.165) is 108 Å². The highest BCUT2D eigenvalue weighted by Gasteiger charge is 2.43. The topological polar surface area (TPSA) is 175 Å². The van der Waals surface area contributed by atoms with E-state index in [1.807, 2.05) is 43.7 Å². The maximum atomic E-state index is 14.1. The van der Waals surface area contributed by atoms with Gasteiger partial charge in [0.05, 0.1) is 49.2 Å². The molecule has 2 aromatic heterocycles. The molecule has 2 aliphatic heterocycles. The number of benzene rings is 2. The second-order valence-corrected chi connectivity index (χ2v) is 20.1. The molecule has 2 saturated heterocycles. The van der Waals surface area contributed by atoms with E-state index in [2.05, 4.69) is 89.1 Å². The second-order valence-electron chi connectivity index (χ2n) is 20.1. The van der Waals surface area contributed by atoms with Gasteiger partial charge in [0.2, 0.25) is 11.8 Å². The molecule has 14 nitrogen and oxygen atoms in total. The Morgan fingerprint density at radius 2 is 1.53 bits per heavy atom. The van der Waals surface area contributed by atoms with Crippen LogP contribution >= 0.6 is 0 Å². The highest BCUT2D eigenvalue weighted by Crippen LogP contribution is 2.46. The van der Waals surface area contributed by atoms with Crippen LogP contribution in [0.2, 0.25) is 0 Å². The van der Waals surface area contributed by atoms with Gasteiger partial charge in [-0.3, -0.25) is 9.59 Å². The molecule has 2 bridgehead atoms. The first kappa shape index (κ1) is 48.3. The summed E-state index contributed by atoms with van der Waals surface area (Å²) in [5, 5.41) is 5.56. The molecule has 0 spiro atoms. The van der Waals surface area contributed by atoms with Crippen LogP contribution in [-0.2, 0) is 19.1 Å². The van der Waals surface area contributed by atoms with Gasteiger partial charge in [-0.25, -0.2) is 19.6 Å². The van der Waals surface area contributed by atoms with E-state index in [-0.39, 0.29) is 41.8 Å². The van der Waals surface area contributed by atoms with E-state index in [1.54, 1.807) is 0 Å². The van der Waals surface area contributed by atoms with E-state index < -0.39 is 24.3 Å². The van der Waals surface area contributed by atoms with Crippen molar-refractivity contribution in [2.24, 2.45) is 29.6 Å². The molecule has 4 heterocycles. The van der Waals surface area contributed by atoms with Crippen molar-refractivity contribution in [3.63, 3.8) is 0 Å². The fourth-order valence-electron chi connectivity index (χ4n) is 11.1. The molecule has 3 fully saturated rings. The third-order valence-corrected chi connectivity index (χ3v) is 15.4. The van der Waals surface area contributed by atoms with Crippen LogP contribution in [0.4, 0.5) is 9.59 Å². The van der Waals surface area contributed by atoms with E-state index in [1.165, 1.54) is 25.4 Å². The number of likely N-dealkylation sites (tertiary alicyclic amines) is 2. The maximum absolute atomic E-state index is 14.1. The summed E-state index contributed by atoms with van der Waals surface area (Å²) >= 11 is 0. The van der Waals surface area contributed by atoms with Crippen LogP contribution in [0.5, 0.6) is 0 Å². The summed E-state index contributed by atoms with van der Waals surface area (Å²) in [5.74, 6) is 2.36. The minimum Gasteiger partial charge on any atom is -0.453 e. The van der Waals surface area contributed by atoms with Gasteiger partial charge in [0.25, 0.3) is 0 Å². The molecule has 2 aliphatic carbocycles. The Morgan fingerprint density at radius 1 is 0.824 bits per heavy atom. The van der Waals surface area contributed by atoms with Crippen molar-refractivity contribution in [3.8, 4) is 11.3 Å². The predicted molar refractivity (Wildman–Crippen MR) is 265 cm³/mol. The van der Waals surface area contributed by atoms with Gasteiger partial charge < -0.3 is 39.9 Å². The Labute approximate surface area is 400 Å². The standard InChI is InChI=1S/C54H70N8O6/c1-10-31(5)48(60-54(66)68-9)51(63)61-29-34(11-2)26-46(61)49-55-28-44(58-49)37-17-15-36(16-18-37)41-21-19-39(25-35-13-14-38(24-35)33(41)7)40-20-22-42-43(27-40)57-50(56-42)45-23-12-32(6)62(45)52(64)47(30(3)4)59-53(65)67-8/h15-22,27-28,30-32,34-35,38,45-48H,7,10-14,23-26,29H2,1-6,8-9H3,(H,55,58)(H,56,57)(H,59,65)(H,60,66)/b39-19+,41-21+/t31?,32-,34-,35?,38?,45-,46-,47-,48-/m0/s1. The molecule has 68 heavy (non-hydrogen) atoms. The zero-order chi connectivity index (χ0) is 48.4. The fourth-order valence-corrected chi connectivity index (χ4v) is 11.1. The number of hydrogen-bond donors (Lipinski definition) is 4. The first-order chi connectivity index (χ1) is 32.7. The van der Waals surface area contributed by atoms with Crippen molar-refractivity contribution >= 4 is 46.2 Å². The van der Waals surface area contributed by atoms with Crippen LogP contribution in [0.25, 0.3) is 33.4 Å². The number of imidazole rings is 2. The lowest BCUT2D eigenvalue weighted by molar-refractivity contribution is -0.137. The van der Waals surface area contributed by atoms with E-state index >= 15 is 0 Å². The van der Waals surface area contributed by atoms with Crippen molar-refractivity contribution < 1.29 is 28.7 Å². The lowest BCUT2D eigenvalue weighted by atomic mass is 9.87. The number of methoxy groups -OCH3 is 2. The smallest absolute Gasteiger partial charge is 0.407 e. The molecular formula is C54H70N8O6. The fraction of sp³-hybridized carbons (Fsp3) is 0.519. The van der Waals surface area contributed by atoms with Crippen molar-refractivity contribution in [2.75, 3.05) is 20.8 Å². The average molecular weight is 927 g/mol. The van der Waals surface area contributed by atoms with Crippen LogP contribution in [-0.4, -0.2) is 92.6 Å². The van der Waals surface area contributed by atoms with Crippen LogP contribution < -0.4 is 10.6 Å². The molecule has 0 radical (unpaired) electrons. The molecule has 2 aromatic carbocycles. The maximum Gasteiger partial charge on any atom is 0.407 e. The number of hydrogen-bond acceptors (Lipinski definition) is 8. The van der Waals surface area contributed by atoms with E-state index in [9.17, 15) is 19.2 Å². The Morgan fingerprint density at radius 3 is 2.22 bits per heavy atom. The molecule has 4 amide bonds. The lowest BCUT2D eigenvalue weighted by Crippen LogP contribution is -2.52. The van der Waals surface area contributed by atoms with E-state index in [0.29, 0.717) is 24.3 Å². The molecule has 3 unspecified atom stereocenters. The number of carbonyl (C=O) groups is 4. The van der Waals surface area contributed by atoms with Crippen LogP contribution in [0, 0.1) is 29.6 Å². The number of ether oxygens (including phenoxy) is 2. The highest BCUT2D eigenvalue weighted by atomic mass is 16.5. The number of allylic oxidation sites excluding steroid dienone is 5. The molecule has 1 saturated carbocycles. The van der Waals surface area contributed by atoms with Gasteiger partial charge in [0.1, 0.15) is 23.7 Å². The summed E-state index contributed by atoms with van der Waals surface area (Å²) in [6.45, 7) is 17.4. The minimum atomic E-state index is -0.709. The number of carbonyl (C=O) groups excluding carboxylic acids is 4. The summed E-state index contributed by atoms with van der Waals surface area (Å²) in [5.41, 5.74) is 9.48. The first-order valence-corrected chi connectivity index (χ1v) is 24.8. The van der Waals surface area contributed by atoms with Gasteiger partial charge in [0, 0.05) is 12.6 Å². The van der Waals surface area contributed by atoms with Gasteiger partial charge >= 0.3 is 12.2 Å². The number of alkyl carbamates (subject to hydrolysis) is 2. The number of aromatic nitrogens is 4. The molecule has 4 N–H and O–H groups in total. The van der Waals surface area contributed by atoms with Crippen LogP contribution in [0.15, 0.2) is 73.0 Å². The third kappa shape index (κ3) is 9.87. The number of nitrogens with one attached hydrogen (secondary N) is 4. The first-order valence-electron chi connectivity index (χ1n) is 24.8. The summed E-state index contributed by atoms with van der Waals surface area (Å²) in [6, 6.07) is 13.2. The van der Waals surface area contributed by atoms with Crippen molar-refractivity contribution in [3.05, 3.63) is 95.7 Å². The molecule has 4 aliphatic rings. The quantitative estimate of drug-likeness (QED) is 0.102. The molecule has 4 aromatic rings. The SMILES string of the molecule is C=C1/C(c2ccc(-c3cnc([C@@H]4C[C@H](CC)CN4C(=O)[C@@H](NC(=O)OC)C(C)CC)[nH]3)cc2)=C\C=C(\c2ccc3nc([C@@H]4CC[C@H](C)N4C(=O)[C@@H](NC(=O)OC)C(C)C)[nH]c3c2)CC2CCC1C2. The van der Waals surface area contributed by atoms with Crippen molar-refractivity contribution in [1.29, 1.82) is 0 Å². The number of fused-ring (bicyclic) bond motifs is 3. The normalized spacial score (nSPS) is 25.7. The number of aromatic amines is 2. The minimum absolute atomic E-state index is 0.00505. The summed E-state index contributed by atoms with van der Waals surface area (Å²) < 4.78 is 9.73. The number of nitrogens with zero attached hydrogens (tertiary/aromatic N) is 4. The molecule has 8 rings (SSSR count). The van der Waals surface area contributed by atoms with E-state index in [4.69, 9.17) is 26.0 Å². The van der Waals surface area contributed by atoms with Gasteiger partial charge in [0.15, 0.2) is 0 Å². The van der Waals surface area contributed by atoms with Crippen molar-refractivity contribution in [2.45, 2.75) is 130 Å². The number of rotatable bonds is 13. The predicted octanol–water partition coefficient (Wildman–Crippen LogP) is 10.3. The summed E-state index contributed by atoms with van der Waals surface area (Å²) in [4.78, 5) is 73.5. The zero-order valence-corrected chi connectivity index (χ0v) is 41.1. The van der Waals surface area contributed by atoms with Gasteiger partial charge in [-0.05, 0) is 127 Å². The summed E-state index contributed by atoms with van der Waals surface area (Å²) in [6.07, 6.45) is 13.6. The third-order valence-electron chi connectivity index (χ3n) is 15.4. The second kappa shape index (κ2) is 20.6. The Balaban J connectivity index is 1.03. The Bertz CT molecular complexity index is 2570. The van der Waals surface area contributed by atoms with Crippen LogP contribution in [0.1, 0.15) is 134 Å². The zero-order valence-electron chi connectivity index (χ0n) is 41.1.